The number of piperidine rings is 1. The van der Waals surface area contributed by atoms with Crippen LogP contribution in [0.3, 0.4) is 0 Å². The third-order valence-corrected chi connectivity index (χ3v) is 11.9. The molecule has 7 rings (SSSR count). The van der Waals surface area contributed by atoms with Crippen molar-refractivity contribution >= 4 is 38.5 Å². The standard InChI is InChI=1S/C27H31F3N6O5S2/c1-15-20(37)25(14-41-15)8-10-35(11-9-25)17-12-16(43(38,39)34-24(2)4-5-24)13-36-18(22-32-33-23(42-22)27(28,29)30)19(31-21(17)36)26(40-3)6-7-26/h12-13,15,34H,4-11,14H2,1-3H3/t15-/m0/s1. The van der Waals surface area contributed by atoms with Crippen LogP contribution in [-0.4, -0.2) is 72.2 Å². The molecule has 1 N–H and O–H groups in total. The number of hydrogen-bond acceptors (Lipinski definition) is 10. The number of halogens is 3. The van der Waals surface area contributed by atoms with Gasteiger partial charge in [-0.3, -0.25) is 9.20 Å². The monoisotopic (exact) mass is 640 g/mol. The van der Waals surface area contributed by atoms with Gasteiger partial charge in [0.15, 0.2) is 16.4 Å². The van der Waals surface area contributed by atoms with E-state index in [9.17, 15) is 26.4 Å². The van der Waals surface area contributed by atoms with Crippen LogP contribution in [0.5, 0.6) is 0 Å². The highest BCUT2D eigenvalue weighted by Crippen LogP contribution is 2.53. The Balaban J connectivity index is 1.40. The van der Waals surface area contributed by atoms with Crippen molar-refractivity contribution in [2.75, 3.05) is 31.7 Å². The molecule has 4 fully saturated rings. The molecule has 0 radical (unpaired) electrons. The molecule has 232 valence electrons. The van der Waals surface area contributed by atoms with Gasteiger partial charge in [0.2, 0.25) is 15.0 Å². The first-order valence-electron chi connectivity index (χ1n) is 14.2. The van der Waals surface area contributed by atoms with Crippen molar-refractivity contribution < 1.29 is 35.9 Å². The fraction of sp³-hybridized carbons (Fsp3) is 0.630. The van der Waals surface area contributed by atoms with Gasteiger partial charge >= 0.3 is 6.18 Å². The molecule has 2 saturated carbocycles. The predicted octanol–water partition coefficient (Wildman–Crippen LogP) is 3.91. The zero-order chi connectivity index (χ0) is 30.6. The molecule has 0 bridgehead atoms. The molecule has 2 aliphatic carbocycles. The summed E-state index contributed by atoms with van der Waals surface area (Å²) in [6.07, 6.45) is -0.140. The minimum Gasteiger partial charge on any atom is -0.372 e. The lowest BCUT2D eigenvalue weighted by atomic mass is 9.75. The number of sulfonamides is 1. The van der Waals surface area contributed by atoms with E-state index >= 15 is 0 Å². The number of Topliss-reactive ketones (excluding diaryl/α,β-unsaturated/α-hetero) is 1. The first-order valence-corrected chi connectivity index (χ1v) is 16.5. The Morgan fingerprint density at radius 3 is 2.37 bits per heavy atom. The third-order valence-electron chi connectivity index (χ3n) is 9.33. The molecule has 0 amide bonds. The van der Waals surface area contributed by atoms with E-state index in [4.69, 9.17) is 14.5 Å². The molecule has 3 aromatic heterocycles. The highest BCUT2D eigenvalue weighted by Gasteiger charge is 2.51. The van der Waals surface area contributed by atoms with Crippen LogP contribution in [0.1, 0.15) is 63.1 Å². The lowest BCUT2D eigenvalue weighted by Crippen LogP contribution is -2.45. The molecule has 2 aliphatic heterocycles. The minimum atomic E-state index is -4.69. The number of nitrogens with one attached hydrogen (secondary N) is 1. The van der Waals surface area contributed by atoms with Crippen molar-refractivity contribution in [2.45, 2.75) is 80.7 Å². The van der Waals surface area contributed by atoms with Gasteiger partial charge in [-0.25, -0.2) is 18.1 Å². The van der Waals surface area contributed by atoms with Crippen LogP contribution in [0.25, 0.3) is 16.3 Å². The molecule has 1 atom stereocenters. The van der Waals surface area contributed by atoms with E-state index < -0.39 is 43.9 Å². The summed E-state index contributed by atoms with van der Waals surface area (Å²) in [6, 6.07) is 1.56. The topological polar surface area (TPSA) is 128 Å². The SMILES string of the molecule is COC1(c2nc3c(N4CCC5(CC4)CO[C@@H](C)C5=O)cc(S(=O)(=O)NC4(C)CC4)cn3c2-c2nnc(C(F)(F)F)s2)CC1. The van der Waals surface area contributed by atoms with E-state index in [1.807, 2.05) is 11.8 Å². The number of ketones is 1. The molecule has 0 aromatic carbocycles. The van der Waals surface area contributed by atoms with Crippen LogP contribution in [-0.2, 0) is 36.1 Å². The number of carbonyl (C=O) groups excluding carboxylic acids is 1. The number of fused-ring (bicyclic) bond motifs is 1. The van der Waals surface area contributed by atoms with Crippen LogP contribution in [0.4, 0.5) is 18.9 Å². The zero-order valence-electron chi connectivity index (χ0n) is 23.8. The number of aromatic nitrogens is 4. The number of carbonyl (C=O) groups is 1. The van der Waals surface area contributed by atoms with Crippen LogP contribution in [0.15, 0.2) is 17.2 Å². The van der Waals surface area contributed by atoms with E-state index in [-0.39, 0.29) is 21.4 Å². The van der Waals surface area contributed by atoms with Gasteiger partial charge in [0, 0.05) is 31.9 Å². The number of nitrogens with zero attached hydrogens (tertiary/aromatic N) is 5. The number of imidazole rings is 1. The summed E-state index contributed by atoms with van der Waals surface area (Å²) < 4.78 is 83.8. The summed E-state index contributed by atoms with van der Waals surface area (Å²) >= 11 is 0.375. The van der Waals surface area contributed by atoms with Crippen LogP contribution < -0.4 is 9.62 Å². The molecule has 1 spiro atoms. The lowest BCUT2D eigenvalue weighted by Gasteiger charge is -2.38. The number of hydrogen-bond donors (Lipinski definition) is 1. The summed E-state index contributed by atoms with van der Waals surface area (Å²) in [4.78, 5) is 19.8. The number of alkyl halides is 3. The quantitative estimate of drug-likeness (QED) is 0.409. The van der Waals surface area contributed by atoms with E-state index in [0.29, 0.717) is 86.6 Å². The van der Waals surface area contributed by atoms with Crippen molar-refractivity contribution in [3.05, 3.63) is 23.0 Å². The normalized spacial score (nSPS) is 24.3. The Morgan fingerprint density at radius 2 is 1.84 bits per heavy atom. The maximum absolute atomic E-state index is 13.7. The Bertz CT molecular complexity index is 1740. The van der Waals surface area contributed by atoms with Crippen molar-refractivity contribution in [1.82, 2.24) is 24.3 Å². The number of pyridine rings is 1. The van der Waals surface area contributed by atoms with Crippen LogP contribution in [0, 0.1) is 5.41 Å². The smallest absolute Gasteiger partial charge is 0.372 e. The van der Waals surface area contributed by atoms with E-state index in [1.54, 1.807) is 13.0 Å². The zero-order valence-corrected chi connectivity index (χ0v) is 25.5. The fourth-order valence-electron chi connectivity index (χ4n) is 6.19. The van der Waals surface area contributed by atoms with E-state index in [1.165, 1.54) is 17.7 Å². The van der Waals surface area contributed by atoms with Crippen LogP contribution in [0.2, 0.25) is 0 Å². The molecular weight excluding hydrogens is 609 g/mol. The Kier molecular flexibility index (Phi) is 6.37. The third kappa shape index (κ3) is 4.76. The van der Waals surface area contributed by atoms with Gasteiger partial charge in [-0.2, -0.15) is 13.2 Å². The van der Waals surface area contributed by atoms with Crippen molar-refractivity contribution in [1.29, 1.82) is 0 Å². The summed E-state index contributed by atoms with van der Waals surface area (Å²) in [5.41, 5.74) is -0.497. The van der Waals surface area contributed by atoms with Crippen molar-refractivity contribution in [2.24, 2.45) is 5.41 Å². The summed E-state index contributed by atoms with van der Waals surface area (Å²) in [6.45, 7) is 4.81. The number of anilines is 1. The highest BCUT2D eigenvalue weighted by atomic mass is 32.2. The highest BCUT2D eigenvalue weighted by molar-refractivity contribution is 7.89. The molecule has 0 unspecified atom stereocenters. The number of rotatable bonds is 7. The largest absolute Gasteiger partial charge is 0.445 e. The molecule has 5 heterocycles. The first kappa shape index (κ1) is 29.1. The minimum absolute atomic E-state index is 0.0407. The van der Waals surface area contributed by atoms with Gasteiger partial charge in [0.25, 0.3) is 0 Å². The van der Waals surface area contributed by atoms with Gasteiger partial charge < -0.3 is 14.4 Å². The summed E-state index contributed by atoms with van der Waals surface area (Å²) in [5, 5.41) is 6.12. The Labute approximate surface area is 249 Å². The van der Waals surface area contributed by atoms with Gasteiger partial charge in [-0.1, -0.05) is 11.3 Å². The van der Waals surface area contributed by atoms with Gasteiger partial charge in [0.1, 0.15) is 28.0 Å². The lowest BCUT2D eigenvalue weighted by molar-refractivity contribution is -0.138. The van der Waals surface area contributed by atoms with Crippen LogP contribution >= 0.6 is 11.3 Å². The fourth-order valence-corrected chi connectivity index (χ4v) is 8.43. The summed E-state index contributed by atoms with van der Waals surface area (Å²) in [7, 11) is -2.50. The average molecular weight is 641 g/mol. The van der Waals surface area contributed by atoms with Gasteiger partial charge in [0.05, 0.1) is 17.7 Å². The second-order valence-electron chi connectivity index (χ2n) is 12.4. The van der Waals surface area contributed by atoms with E-state index in [0.717, 1.165) is 0 Å². The molecule has 11 nitrogen and oxygen atoms in total. The maximum Gasteiger partial charge on any atom is 0.445 e. The second kappa shape index (κ2) is 9.42. The molecule has 16 heteroatoms. The average Bonchev–Trinajstić information content (AvgIpc) is 3.75. The second-order valence-corrected chi connectivity index (χ2v) is 15.1. The Hall–Kier alpha value is -2.66. The molecule has 3 aromatic rings. The molecular formula is C27H31F3N6O5S2. The van der Waals surface area contributed by atoms with Crippen molar-refractivity contribution in [3.8, 4) is 10.7 Å². The maximum atomic E-state index is 13.7. The molecule has 2 saturated heterocycles. The Morgan fingerprint density at radius 1 is 1.14 bits per heavy atom. The van der Waals surface area contributed by atoms with Gasteiger partial charge in [-0.15, -0.1) is 10.2 Å². The van der Waals surface area contributed by atoms with E-state index in [2.05, 4.69) is 14.9 Å². The number of ether oxygens (including phenoxy) is 2. The van der Waals surface area contributed by atoms with Gasteiger partial charge in [-0.05, 0) is 58.4 Å². The summed E-state index contributed by atoms with van der Waals surface area (Å²) in [5.74, 6) is 0.0772. The van der Waals surface area contributed by atoms with Crippen molar-refractivity contribution in [3.63, 3.8) is 0 Å². The number of methoxy groups -OCH3 is 1. The molecule has 43 heavy (non-hydrogen) atoms. The predicted molar refractivity (Wildman–Crippen MR) is 149 cm³/mol. The molecule has 4 aliphatic rings. The first-order chi connectivity index (χ1) is 20.2.